The molecule has 7 heteroatoms. The third-order valence-electron chi connectivity index (χ3n) is 2.32. The first-order valence-corrected chi connectivity index (χ1v) is 7.11. The van der Waals surface area contributed by atoms with E-state index in [1.54, 1.807) is 18.2 Å². The van der Waals surface area contributed by atoms with Crippen LogP contribution in [0.5, 0.6) is 11.6 Å². The topological polar surface area (TPSA) is 48.1 Å². The lowest BCUT2D eigenvalue weighted by Gasteiger charge is -2.09. The summed E-state index contributed by atoms with van der Waals surface area (Å²) in [7, 11) is 0. The number of halogens is 4. The van der Waals surface area contributed by atoms with Gasteiger partial charge in [-0.25, -0.2) is 4.98 Å². The summed E-state index contributed by atoms with van der Waals surface area (Å²) in [4.78, 5) is 4.05. The third kappa shape index (κ3) is 3.52. The second-order valence-corrected chi connectivity index (χ2v) is 5.69. The van der Waals surface area contributed by atoms with Gasteiger partial charge in [0.25, 0.3) is 0 Å². The Kier molecular flexibility index (Phi) is 4.92. The van der Waals surface area contributed by atoms with Gasteiger partial charge < -0.3 is 10.5 Å². The molecule has 2 N–H and O–H groups in total. The number of ether oxygens (including phenoxy) is 1. The smallest absolute Gasteiger partial charge is 0.219 e. The Balaban J connectivity index is 2.33. The first kappa shape index (κ1) is 14.9. The fraction of sp³-hybridized carbons (Fsp3) is 0.0833. The van der Waals surface area contributed by atoms with Crippen LogP contribution in [0.2, 0.25) is 15.1 Å². The Morgan fingerprint density at radius 3 is 2.53 bits per heavy atom. The predicted octanol–water partition coefficient (Wildman–Crippen LogP) is 5.06. The molecule has 1 heterocycles. The maximum Gasteiger partial charge on any atom is 0.219 e. The van der Waals surface area contributed by atoms with E-state index in [2.05, 4.69) is 20.9 Å². The molecule has 0 aliphatic carbocycles. The number of rotatable bonds is 3. The van der Waals surface area contributed by atoms with E-state index in [1.165, 1.54) is 6.20 Å². The van der Waals surface area contributed by atoms with E-state index in [4.69, 9.17) is 45.3 Å². The normalized spacial score (nSPS) is 10.6. The molecule has 0 bridgehead atoms. The van der Waals surface area contributed by atoms with Gasteiger partial charge in [0.05, 0.1) is 15.1 Å². The average Bonchev–Trinajstić information content (AvgIpc) is 2.38. The molecule has 0 spiro atoms. The molecule has 0 amide bonds. The second-order valence-electron chi connectivity index (χ2n) is 3.62. The highest BCUT2D eigenvalue weighted by Gasteiger charge is 2.10. The van der Waals surface area contributed by atoms with Crippen molar-refractivity contribution in [3.8, 4) is 11.6 Å². The molecule has 0 fully saturated rings. The summed E-state index contributed by atoms with van der Waals surface area (Å²) in [6.45, 7) is 0.298. The molecule has 19 heavy (non-hydrogen) atoms. The molecule has 0 saturated heterocycles. The van der Waals surface area contributed by atoms with Crippen molar-refractivity contribution in [3.63, 3.8) is 0 Å². The van der Waals surface area contributed by atoms with Gasteiger partial charge >= 0.3 is 0 Å². The lowest BCUT2D eigenvalue weighted by atomic mass is 10.2. The zero-order valence-electron chi connectivity index (χ0n) is 9.46. The minimum Gasteiger partial charge on any atom is -0.437 e. The molecule has 0 aliphatic heterocycles. The van der Waals surface area contributed by atoms with Crippen LogP contribution < -0.4 is 10.5 Å². The van der Waals surface area contributed by atoms with E-state index in [1.807, 2.05) is 0 Å². The maximum absolute atomic E-state index is 6.06. The summed E-state index contributed by atoms with van der Waals surface area (Å²) in [6.07, 6.45) is 1.48. The molecular formula is C12H8BrCl3N2O. The lowest BCUT2D eigenvalue weighted by molar-refractivity contribution is 0.462. The van der Waals surface area contributed by atoms with Crippen molar-refractivity contribution < 1.29 is 4.74 Å². The number of aromatic nitrogens is 1. The predicted molar refractivity (Wildman–Crippen MR) is 81.4 cm³/mol. The lowest BCUT2D eigenvalue weighted by Crippen LogP contribution is -1.99. The van der Waals surface area contributed by atoms with Crippen molar-refractivity contribution in [1.29, 1.82) is 0 Å². The van der Waals surface area contributed by atoms with E-state index in [0.29, 0.717) is 37.7 Å². The van der Waals surface area contributed by atoms with Gasteiger partial charge in [-0.1, -0.05) is 34.8 Å². The number of hydrogen-bond acceptors (Lipinski definition) is 3. The first-order chi connectivity index (χ1) is 9.01. The fourth-order valence-corrected chi connectivity index (χ4v) is 2.38. The van der Waals surface area contributed by atoms with Crippen LogP contribution in [0, 0.1) is 0 Å². The molecule has 0 unspecified atom stereocenters. The zero-order chi connectivity index (χ0) is 14.0. The summed E-state index contributed by atoms with van der Waals surface area (Å²) >= 11 is 21.3. The maximum atomic E-state index is 6.06. The summed E-state index contributed by atoms with van der Waals surface area (Å²) in [6, 6.07) is 4.92. The quantitative estimate of drug-likeness (QED) is 0.755. The molecule has 0 radical (unpaired) electrons. The van der Waals surface area contributed by atoms with E-state index < -0.39 is 0 Å². The number of hydrogen-bond donors (Lipinski definition) is 1. The highest BCUT2D eigenvalue weighted by atomic mass is 79.9. The van der Waals surface area contributed by atoms with E-state index in [9.17, 15) is 0 Å². The van der Waals surface area contributed by atoms with E-state index in [0.717, 1.165) is 5.56 Å². The molecule has 100 valence electrons. The SMILES string of the molecule is NCc1cc(Oc2cc(Cl)c(Br)cc2Cl)ncc1Cl. The van der Waals surface area contributed by atoms with Gasteiger partial charge in [0, 0.05) is 29.3 Å². The number of nitrogens with two attached hydrogens (primary N) is 1. The standard InChI is InChI=1S/C12H8BrCl3N2O/c13-7-2-9(15)11(3-8(7)14)19-12-1-6(4-17)10(16)5-18-12/h1-3,5H,4,17H2. The van der Waals surface area contributed by atoms with Gasteiger partial charge in [-0.3, -0.25) is 0 Å². The van der Waals surface area contributed by atoms with Crippen LogP contribution in [0.4, 0.5) is 0 Å². The van der Waals surface area contributed by atoms with Crippen molar-refractivity contribution in [2.45, 2.75) is 6.54 Å². The molecule has 0 atom stereocenters. The summed E-state index contributed by atoms with van der Waals surface area (Å²) in [5.74, 6) is 0.762. The molecule has 2 aromatic rings. The largest absolute Gasteiger partial charge is 0.437 e. The van der Waals surface area contributed by atoms with Crippen molar-refractivity contribution in [3.05, 3.63) is 49.5 Å². The van der Waals surface area contributed by atoms with Crippen LogP contribution >= 0.6 is 50.7 Å². The molecule has 1 aromatic heterocycles. The van der Waals surface area contributed by atoms with Gasteiger partial charge in [-0.05, 0) is 27.6 Å². The molecule has 0 saturated carbocycles. The van der Waals surface area contributed by atoms with Gasteiger partial charge in [0.2, 0.25) is 5.88 Å². The Morgan fingerprint density at radius 2 is 1.84 bits per heavy atom. The van der Waals surface area contributed by atoms with Crippen LogP contribution in [0.15, 0.2) is 28.9 Å². The zero-order valence-corrected chi connectivity index (χ0v) is 13.3. The summed E-state index contributed by atoms with van der Waals surface area (Å²) in [5, 5.41) is 1.41. The van der Waals surface area contributed by atoms with Gasteiger partial charge in [0.15, 0.2) is 0 Å². The number of benzene rings is 1. The first-order valence-electron chi connectivity index (χ1n) is 5.18. The Bertz CT molecular complexity index is 622. The molecule has 0 aliphatic rings. The molecule has 3 nitrogen and oxygen atoms in total. The summed E-state index contributed by atoms with van der Waals surface area (Å²) < 4.78 is 6.27. The summed E-state index contributed by atoms with van der Waals surface area (Å²) in [5.41, 5.74) is 6.31. The molecule has 2 rings (SSSR count). The Labute approximate surface area is 133 Å². The van der Waals surface area contributed by atoms with Gasteiger partial charge in [-0.15, -0.1) is 0 Å². The van der Waals surface area contributed by atoms with Crippen molar-refractivity contribution in [2.24, 2.45) is 5.73 Å². The highest BCUT2D eigenvalue weighted by molar-refractivity contribution is 9.10. The van der Waals surface area contributed by atoms with Crippen molar-refractivity contribution >= 4 is 50.7 Å². The number of nitrogens with zero attached hydrogens (tertiary/aromatic N) is 1. The third-order valence-corrected chi connectivity index (χ3v) is 4.15. The molecular weight excluding hydrogens is 374 g/mol. The van der Waals surface area contributed by atoms with E-state index >= 15 is 0 Å². The minimum atomic E-state index is 0.298. The second kappa shape index (κ2) is 6.29. The monoisotopic (exact) mass is 380 g/mol. The Morgan fingerprint density at radius 1 is 1.11 bits per heavy atom. The van der Waals surface area contributed by atoms with Crippen LogP contribution in [0.3, 0.4) is 0 Å². The van der Waals surface area contributed by atoms with Gasteiger partial charge in [0.1, 0.15) is 5.75 Å². The van der Waals surface area contributed by atoms with Crippen LogP contribution in [0.1, 0.15) is 5.56 Å². The minimum absolute atomic E-state index is 0.298. The number of pyridine rings is 1. The molecule has 1 aromatic carbocycles. The van der Waals surface area contributed by atoms with Gasteiger partial charge in [-0.2, -0.15) is 0 Å². The van der Waals surface area contributed by atoms with Crippen molar-refractivity contribution in [2.75, 3.05) is 0 Å². The van der Waals surface area contributed by atoms with E-state index in [-0.39, 0.29) is 0 Å². The average molecular weight is 382 g/mol. The van der Waals surface area contributed by atoms with Crippen LogP contribution in [-0.2, 0) is 6.54 Å². The van der Waals surface area contributed by atoms with Crippen molar-refractivity contribution in [1.82, 2.24) is 4.98 Å². The van der Waals surface area contributed by atoms with Crippen LogP contribution in [-0.4, -0.2) is 4.98 Å². The highest BCUT2D eigenvalue weighted by Crippen LogP contribution is 2.36. The fourth-order valence-electron chi connectivity index (χ4n) is 1.37. The van der Waals surface area contributed by atoms with Crippen LogP contribution in [0.25, 0.3) is 0 Å². The Hall–Kier alpha value is -0.520.